The predicted octanol–water partition coefficient (Wildman–Crippen LogP) is 3.62. The lowest BCUT2D eigenvalue weighted by molar-refractivity contribution is 0.682. The van der Waals surface area contributed by atoms with Crippen molar-refractivity contribution in [3.05, 3.63) is 53.2 Å². The molecule has 0 saturated heterocycles. The van der Waals surface area contributed by atoms with Crippen LogP contribution in [0.1, 0.15) is 29.7 Å². The van der Waals surface area contributed by atoms with Crippen LogP contribution in [0.4, 0.5) is 0 Å². The summed E-state index contributed by atoms with van der Waals surface area (Å²) in [6.07, 6.45) is 2.65. The van der Waals surface area contributed by atoms with Crippen LogP contribution >= 0.6 is 0 Å². The first-order chi connectivity index (χ1) is 9.22. The van der Waals surface area contributed by atoms with Crippen molar-refractivity contribution in [2.24, 2.45) is 0 Å². The Kier molecular flexibility index (Phi) is 3.34. The number of rotatable bonds is 4. The summed E-state index contributed by atoms with van der Waals surface area (Å²) in [5.74, 6) is 0. The number of hydrogen-bond donors (Lipinski definition) is 1. The first kappa shape index (κ1) is 12.4. The van der Waals surface area contributed by atoms with E-state index in [1.807, 2.05) is 0 Å². The van der Waals surface area contributed by atoms with Crippen LogP contribution in [0, 0.1) is 13.8 Å². The molecule has 1 heterocycles. The van der Waals surface area contributed by atoms with E-state index in [0.29, 0.717) is 0 Å². The van der Waals surface area contributed by atoms with Crippen LogP contribution < -0.4 is 5.32 Å². The average Bonchev–Trinajstić information content (AvgIpc) is 3.22. The summed E-state index contributed by atoms with van der Waals surface area (Å²) < 4.78 is 0. The second kappa shape index (κ2) is 5.14. The fourth-order valence-corrected chi connectivity index (χ4v) is 2.20. The van der Waals surface area contributed by atoms with E-state index in [-0.39, 0.29) is 0 Å². The summed E-state index contributed by atoms with van der Waals surface area (Å²) in [6.45, 7) is 5.15. The third-order valence-electron chi connectivity index (χ3n) is 3.70. The molecule has 1 aliphatic rings. The summed E-state index contributed by atoms with van der Waals surface area (Å²) >= 11 is 0. The standard InChI is InChI=1S/C17H20N2/c1-12-3-5-14(6-4-12)17-10-7-15(13(2)19-17)11-18-16-8-9-16/h3-7,10,16,18H,8-9,11H2,1-2H3. The highest BCUT2D eigenvalue weighted by atomic mass is 14.9. The van der Waals surface area contributed by atoms with Crippen molar-refractivity contribution in [1.29, 1.82) is 0 Å². The van der Waals surface area contributed by atoms with Crippen molar-refractivity contribution in [2.45, 2.75) is 39.3 Å². The lowest BCUT2D eigenvalue weighted by Gasteiger charge is -2.09. The molecule has 0 spiro atoms. The Morgan fingerprint density at radius 1 is 1.05 bits per heavy atom. The average molecular weight is 252 g/mol. The molecule has 2 heteroatoms. The maximum atomic E-state index is 4.73. The minimum absolute atomic E-state index is 0.746. The van der Waals surface area contributed by atoms with Gasteiger partial charge in [-0.3, -0.25) is 4.98 Å². The molecular weight excluding hydrogens is 232 g/mol. The molecule has 0 radical (unpaired) electrons. The third-order valence-corrected chi connectivity index (χ3v) is 3.70. The van der Waals surface area contributed by atoms with Gasteiger partial charge in [0, 0.05) is 23.8 Å². The molecule has 3 rings (SSSR count). The van der Waals surface area contributed by atoms with Crippen LogP contribution in [0.5, 0.6) is 0 Å². The monoisotopic (exact) mass is 252 g/mol. The molecule has 1 N–H and O–H groups in total. The number of nitrogens with zero attached hydrogens (tertiary/aromatic N) is 1. The highest BCUT2D eigenvalue weighted by molar-refractivity contribution is 5.60. The van der Waals surface area contributed by atoms with Gasteiger partial charge in [0.05, 0.1) is 5.69 Å². The summed E-state index contributed by atoms with van der Waals surface area (Å²) in [7, 11) is 0. The zero-order valence-corrected chi connectivity index (χ0v) is 11.6. The van der Waals surface area contributed by atoms with Gasteiger partial charge in [-0.1, -0.05) is 35.9 Å². The van der Waals surface area contributed by atoms with E-state index >= 15 is 0 Å². The SMILES string of the molecule is Cc1ccc(-c2ccc(CNC3CC3)c(C)n2)cc1. The highest BCUT2D eigenvalue weighted by Gasteiger charge is 2.20. The van der Waals surface area contributed by atoms with E-state index in [0.717, 1.165) is 24.0 Å². The summed E-state index contributed by atoms with van der Waals surface area (Å²) in [4.78, 5) is 4.73. The topological polar surface area (TPSA) is 24.9 Å². The summed E-state index contributed by atoms with van der Waals surface area (Å²) in [6, 6.07) is 13.6. The normalized spacial score (nSPS) is 14.6. The summed E-state index contributed by atoms with van der Waals surface area (Å²) in [5.41, 5.74) is 5.97. The lowest BCUT2D eigenvalue weighted by atomic mass is 10.1. The molecule has 0 unspecified atom stereocenters. The number of pyridine rings is 1. The fourth-order valence-electron chi connectivity index (χ4n) is 2.20. The van der Waals surface area contributed by atoms with Gasteiger partial charge >= 0.3 is 0 Å². The van der Waals surface area contributed by atoms with Crippen molar-refractivity contribution in [3.63, 3.8) is 0 Å². The van der Waals surface area contributed by atoms with Crippen LogP contribution in [-0.2, 0) is 6.54 Å². The van der Waals surface area contributed by atoms with Crippen LogP contribution in [0.3, 0.4) is 0 Å². The fraction of sp³-hybridized carbons (Fsp3) is 0.353. The molecule has 2 nitrogen and oxygen atoms in total. The second-order valence-corrected chi connectivity index (χ2v) is 5.46. The van der Waals surface area contributed by atoms with Gasteiger partial charge in [-0.15, -0.1) is 0 Å². The van der Waals surface area contributed by atoms with Gasteiger partial charge in [-0.2, -0.15) is 0 Å². The Hall–Kier alpha value is -1.67. The molecule has 0 amide bonds. The van der Waals surface area contributed by atoms with Crippen LogP contribution in [0.25, 0.3) is 11.3 Å². The zero-order valence-electron chi connectivity index (χ0n) is 11.6. The Morgan fingerprint density at radius 2 is 1.79 bits per heavy atom. The number of aryl methyl sites for hydroxylation is 2. The van der Waals surface area contributed by atoms with Gasteiger partial charge in [-0.05, 0) is 38.3 Å². The lowest BCUT2D eigenvalue weighted by Crippen LogP contribution is -2.16. The maximum Gasteiger partial charge on any atom is 0.0705 e. The van der Waals surface area contributed by atoms with Gasteiger partial charge < -0.3 is 5.32 Å². The maximum absolute atomic E-state index is 4.73. The molecular formula is C17H20N2. The van der Waals surface area contributed by atoms with Gasteiger partial charge in [-0.25, -0.2) is 0 Å². The van der Waals surface area contributed by atoms with E-state index in [1.165, 1.54) is 29.5 Å². The molecule has 0 bridgehead atoms. The van der Waals surface area contributed by atoms with E-state index in [1.54, 1.807) is 0 Å². The van der Waals surface area contributed by atoms with E-state index < -0.39 is 0 Å². The van der Waals surface area contributed by atoms with Gasteiger partial charge in [0.2, 0.25) is 0 Å². The number of benzene rings is 1. The van der Waals surface area contributed by atoms with E-state index in [2.05, 4.69) is 55.6 Å². The van der Waals surface area contributed by atoms with Crippen molar-refractivity contribution < 1.29 is 0 Å². The smallest absolute Gasteiger partial charge is 0.0705 e. The van der Waals surface area contributed by atoms with Crippen molar-refractivity contribution >= 4 is 0 Å². The van der Waals surface area contributed by atoms with Crippen LogP contribution in [-0.4, -0.2) is 11.0 Å². The predicted molar refractivity (Wildman–Crippen MR) is 79.0 cm³/mol. The van der Waals surface area contributed by atoms with Crippen LogP contribution in [0.2, 0.25) is 0 Å². The molecule has 1 fully saturated rings. The first-order valence-corrected chi connectivity index (χ1v) is 6.99. The van der Waals surface area contributed by atoms with Crippen molar-refractivity contribution in [2.75, 3.05) is 0 Å². The second-order valence-electron chi connectivity index (χ2n) is 5.46. The molecule has 1 saturated carbocycles. The Morgan fingerprint density at radius 3 is 2.42 bits per heavy atom. The Balaban J connectivity index is 1.79. The minimum atomic E-state index is 0.746. The van der Waals surface area contributed by atoms with Crippen LogP contribution in [0.15, 0.2) is 36.4 Å². The molecule has 0 atom stereocenters. The van der Waals surface area contributed by atoms with Gasteiger partial charge in [0.1, 0.15) is 0 Å². The molecule has 19 heavy (non-hydrogen) atoms. The van der Waals surface area contributed by atoms with E-state index in [4.69, 9.17) is 4.98 Å². The molecule has 1 aliphatic carbocycles. The Bertz CT molecular complexity index is 568. The zero-order chi connectivity index (χ0) is 13.2. The van der Waals surface area contributed by atoms with E-state index in [9.17, 15) is 0 Å². The molecule has 1 aromatic heterocycles. The molecule has 1 aromatic carbocycles. The number of nitrogens with one attached hydrogen (secondary N) is 1. The molecule has 0 aliphatic heterocycles. The van der Waals surface area contributed by atoms with Crippen molar-refractivity contribution in [1.82, 2.24) is 10.3 Å². The third kappa shape index (κ3) is 3.02. The van der Waals surface area contributed by atoms with Crippen molar-refractivity contribution in [3.8, 4) is 11.3 Å². The molecule has 98 valence electrons. The minimum Gasteiger partial charge on any atom is -0.310 e. The highest BCUT2D eigenvalue weighted by Crippen LogP contribution is 2.22. The quantitative estimate of drug-likeness (QED) is 0.899. The first-order valence-electron chi connectivity index (χ1n) is 6.99. The van der Waals surface area contributed by atoms with Gasteiger partial charge in [0.25, 0.3) is 0 Å². The van der Waals surface area contributed by atoms with Gasteiger partial charge in [0.15, 0.2) is 0 Å². The molecule has 2 aromatic rings. The number of hydrogen-bond acceptors (Lipinski definition) is 2. The largest absolute Gasteiger partial charge is 0.310 e. The summed E-state index contributed by atoms with van der Waals surface area (Å²) in [5, 5.41) is 3.54. The number of aromatic nitrogens is 1. The Labute approximate surface area is 114 Å².